The topological polar surface area (TPSA) is 41.5 Å². The third kappa shape index (κ3) is 1.90. The van der Waals surface area contributed by atoms with Gasteiger partial charge in [-0.15, -0.1) is 0 Å². The Hall–Kier alpha value is -0.930. The lowest BCUT2D eigenvalue weighted by Gasteiger charge is -2.16. The Morgan fingerprint density at radius 2 is 2.33 bits per heavy atom. The molecule has 3 nitrogen and oxygen atoms in total. The molecule has 1 aromatic carbocycles. The molecule has 1 aliphatic heterocycles. The van der Waals surface area contributed by atoms with Gasteiger partial charge >= 0.3 is 0 Å². The molecule has 1 aliphatic rings. The molecule has 4 heteroatoms. The minimum Gasteiger partial charge on any atom is -0.506 e. The minimum atomic E-state index is 0.0651. The average Bonchev–Trinajstić information content (AvgIpc) is 2.75. The second-order valence-corrected chi connectivity index (χ2v) is 4.05. The van der Waals surface area contributed by atoms with Gasteiger partial charge in [-0.1, -0.05) is 11.6 Å². The summed E-state index contributed by atoms with van der Waals surface area (Å²) in [5, 5.41) is 13.1. The van der Waals surface area contributed by atoms with Gasteiger partial charge < -0.3 is 15.2 Å². The van der Waals surface area contributed by atoms with Gasteiger partial charge in [-0.2, -0.15) is 0 Å². The molecule has 1 unspecified atom stereocenters. The molecule has 1 heterocycles. The quantitative estimate of drug-likeness (QED) is 0.816. The van der Waals surface area contributed by atoms with Gasteiger partial charge in [-0.05, 0) is 31.5 Å². The largest absolute Gasteiger partial charge is 0.506 e. The molecule has 2 N–H and O–H groups in total. The van der Waals surface area contributed by atoms with Crippen molar-refractivity contribution < 1.29 is 9.84 Å². The van der Waals surface area contributed by atoms with Gasteiger partial charge in [0.1, 0.15) is 16.5 Å². The first-order valence-electron chi connectivity index (χ1n) is 5.02. The highest BCUT2D eigenvalue weighted by atomic mass is 35.5. The summed E-state index contributed by atoms with van der Waals surface area (Å²) < 4.78 is 5.24. The molecule has 0 aliphatic carbocycles. The van der Waals surface area contributed by atoms with E-state index in [0.717, 1.165) is 24.9 Å². The number of phenols is 1. The summed E-state index contributed by atoms with van der Waals surface area (Å²) in [6.07, 6.45) is 2.24. The third-order valence-electron chi connectivity index (χ3n) is 2.75. The zero-order valence-corrected chi connectivity index (χ0v) is 9.34. The van der Waals surface area contributed by atoms with Gasteiger partial charge in [0, 0.05) is 11.6 Å². The number of rotatable bonds is 2. The van der Waals surface area contributed by atoms with E-state index in [-0.39, 0.29) is 11.8 Å². The molecule has 1 aromatic rings. The highest BCUT2D eigenvalue weighted by molar-refractivity contribution is 6.33. The Balaban J connectivity index is 2.41. The molecule has 1 saturated heterocycles. The van der Waals surface area contributed by atoms with E-state index in [0.29, 0.717) is 10.8 Å². The van der Waals surface area contributed by atoms with Crippen LogP contribution in [0.5, 0.6) is 11.5 Å². The summed E-state index contributed by atoms with van der Waals surface area (Å²) in [5.74, 6) is 0.645. The standard InChI is InChI=1S/C11H14ClNO2/c1-15-11-7(8-3-2-6-13-8)4-5-9(14)10(11)12/h4-5,8,13-14H,2-3,6H2,1H3. The number of nitrogens with one attached hydrogen (secondary N) is 1. The van der Waals surface area contributed by atoms with Crippen molar-refractivity contribution in [2.45, 2.75) is 18.9 Å². The zero-order chi connectivity index (χ0) is 10.8. The molecule has 0 spiro atoms. The van der Waals surface area contributed by atoms with E-state index in [1.165, 1.54) is 0 Å². The Morgan fingerprint density at radius 3 is 2.93 bits per heavy atom. The number of phenolic OH excluding ortho intramolecular Hbond substituents is 1. The summed E-state index contributed by atoms with van der Waals surface area (Å²) in [5.41, 5.74) is 1.03. The van der Waals surface area contributed by atoms with E-state index in [4.69, 9.17) is 16.3 Å². The van der Waals surface area contributed by atoms with Crippen molar-refractivity contribution in [2.24, 2.45) is 0 Å². The fraction of sp³-hybridized carbons (Fsp3) is 0.455. The lowest BCUT2D eigenvalue weighted by molar-refractivity contribution is 0.397. The average molecular weight is 228 g/mol. The third-order valence-corrected chi connectivity index (χ3v) is 3.11. The van der Waals surface area contributed by atoms with Crippen LogP contribution in [-0.4, -0.2) is 18.8 Å². The zero-order valence-electron chi connectivity index (χ0n) is 8.59. The van der Waals surface area contributed by atoms with Crippen LogP contribution in [0.3, 0.4) is 0 Å². The SMILES string of the molecule is COc1c(C2CCCN2)ccc(O)c1Cl. The van der Waals surface area contributed by atoms with Crippen LogP contribution in [0, 0.1) is 0 Å². The van der Waals surface area contributed by atoms with Gasteiger partial charge in [0.25, 0.3) is 0 Å². The predicted octanol–water partition coefficient (Wildman–Crippen LogP) is 2.48. The summed E-state index contributed by atoms with van der Waals surface area (Å²) in [6.45, 7) is 1.02. The molecule has 1 atom stereocenters. The second kappa shape index (κ2) is 4.29. The molecule has 15 heavy (non-hydrogen) atoms. The monoisotopic (exact) mass is 227 g/mol. The maximum Gasteiger partial charge on any atom is 0.146 e. The number of ether oxygens (including phenoxy) is 1. The Kier molecular flexibility index (Phi) is 3.03. The van der Waals surface area contributed by atoms with Crippen LogP contribution in [0.15, 0.2) is 12.1 Å². The van der Waals surface area contributed by atoms with Crippen molar-refractivity contribution in [3.05, 3.63) is 22.7 Å². The second-order valence-electron chi connectivity index (χ2n) is 3.67. The lowest BCUT2D eigenvalue weighted by atomic mass is 10.0. The van der Waals surface area contributed by atoms with E-state index in [1.54, 1.807) is 13.2 Å². The van der Waals surface area contributed by atoms with Crippen molar-refractivity contribution >= 4 is 11.6 Å². The van der Waals surface area contributed by atoms with Gasteiger partial charge in [-0.25, -0.2) is 0 Å². The number of hydrogen-bond donors (Lipinski definition) is 2. The van der Waals surface area contributed by atoms with Gasteiger partial charge in [0.15, 0.2) is 0 Å². The molecule has 0 bridgehead atoms. The van der Waals surface area contributed by atoms with Crippen LogP contribution in [-0.2, 0) is 0 Å². The Labute approximate surface area is 94.0 Å². The summed E-state index contributed by atoms with van der Waals surface area (Å²) in [7, 11) is 1.57. The molecule has 0 amide bonds. The fourth-order valence-electron chi connectivity index (χ4n) is 1.99. The first-order chi connectivity index (χ1) is 7.24. The summed E-state index contributed by atoms with van der Waals surface area (Å²) >= 11 is 5.97. The van der Waals surface area contributed by atoms with Crippen LogP contribution < -0.4 is 10.1 Å². The molecule has 1 fully saturated rings. The summed E-state index contributed by atoms with van der Waals surface area (Å²) in [4.78, 5) is 0. The van der Waals surface area contributed by atoms with Crippen molar-refractivity contribution in [3.63, 3.8) is 0 Å². The molecule has 2 rings (SSSR count). The molecule has 0 aromatic heterocycles. The number of methoxy groups -OCH3 is 1. The van der Waals surface area contributed by atoms with Gasteiger partial charge in [0.05, 0.1) is 7.11 Å². The molecule has 0 radical (unpaired) electrons. The highest BCUT2D eigenvalue weighted by Gasteiger charge is 2.22. The van der Waals surface area contributed by atoms with Gasteiger partial charge in [-0.3, -0.25) is 0 Å². The highest BCUT2D eigenvalue weighted by Crippen LogP contribution is 2.40. The first kappa shape index (κ1) is 10.6. The Morgan fingerprint density at radius 1 is 1.53 bits per heavy atom. The minimum absolute atomic E-state index is 0.0651. The predicted molar refractivity (Wildman–Crippen MR) is 59.6 cm³/mol. The van der Waals surface area contributed by atoms with E-state index >= 15 is 0 Å². The van der Waals surface area contributed by atoms with E-state index in [9.17, 15) is 5.11 Å². The van der Waals surface area contributed by atoms with Crippen LogP contribution in [0.1, 0.15) is 24.4 Å². The molecular formula is C11H14ClNO2. The van der Waals surface area contributed by atoms with Gasteiger partial charge in [0.2, 0.25) is 0 Å². The maximum atomic E-state index is 9.47. The van der Waals surface area contributed by atoms with Crippen molar-refractivity contribution in [1.29, 1.82) is 0 Å². The van der Waals surface area contributed by atoms with Crippen molar-refractivity contribution in [1.82, 2.24) is 5.32 Å². The van der Waals surface area contributed by atoms with Crippen LogP contribution in [0.4, 0.5) is 0 Å². The maximum absolute atomic E-state index is 9.47. The van der Waals surface area contributed by atoms with Crippen molar-refractivity contribution in [2.75, 3.05) is 13.7 Å². The smallest absolute Gasteiger partial charge is 0.146 e. The lowest BCUT2D eigenvalue weighted by Crippen LogP contribution is -2.13. The van der Waals surface area contributed by atoms with Crippen LogP contribution in [0.25, 0.3) is 0 Å². The normalized spacial score (nSPS) is 20.5. The first-order valence-corrected chi connectivity index (χ1v) is 5.40. The van der Waals surface area contributed by atoms with E-state index in [2.05, 4.69) is 5.32 Å². The van der Waals surface area contributed by atoms with Crippen molar-refractivity contribution in [3.8, 4) is 11.5 Å². The van der Waals surface area contributed by atoms with E-state index in [1.807, 2.05) is 6.07 Å². The number of halogens is 1. The van der Waals surface area contributed by atoms with Crippen LogP contribution >= 0.6 is 11.6 Å². The summed E-state index contributed by atoms with van der Waals surface area (Å²) in [6, 6.07) is 3.77. The van der Waals surface area contributed by atoms with E-state index < -0.39 is 0 Å². The molecular weight excluding hydrogens is 214 g/mol. The molecule has 0 saturated carbocycles. The number of aromatic hydroxyl groups is 1. The number of benzene rings is 1. The van der Waals surface area contributed by atoms with Crippen LogP contribution in [0.2, 0.25) is 5.02 Å². The Bertz CT molecular complexity index is 362. The fourth-order valence-corrected chi connectivity index (χ4v) is 2.24. The molecule has 82 valence electrons. The number of hydrogen-bond acceptors (Lipinski definition) is 3.